The molecule has 0 spiro atoms. The number of benzene rings is 1. The number of thioether (sulfide) groups is 1. The van der Waals surface area contributed by atoms with E-state index in [1.54, 1.807) is 12.4 Å². The summed E-state index contributed by atoms with van der Waals surface area (Å²) in [6.07, 6.45) is 5.28. The average molecular weight is 424 g/mol. The van der Waals surface area contributed by atoms with Gasteiger partial charge in [-0.15, -0.1) is 10.2 Å². The van der Waals surface area contributed by atoms with Crippen molar-refractivity contribution in [1.82, 2.24) is 25.1 Å². The van der Waals surface area contributed by atoms with Gasteiger partial charge in [-0.25, -0.2) is 0 Å². The molecule has 3 aromatic rings. The average Bonchev–Trinajstić information content (AvgIpc) is 3.16. The van der Waals surface area contributed by atoms with Crippen LogP contribution in [0.5, 0.6) is 0 Å². The van der Waals surface area contributed by atoms with Crippen molar-refractivity contribution in [2.24, 2.45) is 0 Å². The summed E-state index contributed by atoms with van der Waals surface area (Å²) < 4.78 is 2.07. The van der Waals surface area contributed by atoms with Crippen LogP contribution in [0.3, 0.4) is 0 Å². The third-order valence-corrected chi connectivity index (χ3v) is 5.78. The van der Waals surface area contributed by atoms with Crippen LogP contribution in [-0.2, 0) is 17.8 Å². The van der Waals surface area contributed by atoms with Gasteiger partial charge in [-0.05, 0) is 42.0 Å². The summed E-state index contributed by atoms with van der Waals surface area (Å²) in [5.74, 6) is 1.68. The minimum absolute atomic E-state index is 0.00955. The highest BCUT2D eigenvalue weighted by atomic mass is 32.2. The van der Waals surface area contributed by atoms with Crippen LogP contribution in [0.2, 0.25) is 0 Å². The number of rotatable bonds is 10. The molecule has 0 fully saturated rings. The van der Waals surface area contributed by atoms with Crippen LogP contribution in [0.25, 0.3) is 11.4 Å². The summed E-state index contributed by atoms with van der Waals surface area (Å²) in [4.78, 5) is 16.4. The maximum Gasteiger partial charge on any atom is 0.230 e. The summed E-state index contributed by atoms with van der Waals surface area (Å²) in [7, 11) is 0. The monoisotopic (exact) mass is 423 g/mol. The summed E-state index contributed by atoms with van der Waals surface area (Å²) in [6, 6.07) is 12.5. The van der Waals surface area contributed by atoms with Crippen molar-refractivity contribution in [1.29, 1.82) is 0 Å². The summed E-state index contributed by atoms with van der Waals surface area (Å²) in [6.45, 7) is 7.93. The van der Waals surface area contributed by atoms with Crippen LogP contribution in [0.1, 0.15) is 44.2 Å². The molecular weight excluding hydrogens is 394 g/mol. The van der Waals surface area contributed by atoms with E-state index in [9.17, 15) is 4.79 Å². The fourth-order valence-electron chi connectivity index (χ4n) is 3.13. The lowest BCUT2D eigenvalue weighted by molar-refractivity contribution is -0.118. The van der Waals surface area contributed by atoms with E-state index in [0.717, 1.165) is 35.9 Å². The van der Waals surface area contributed by atoms with E-state index in [4.69, 9.17) is 0 Å². The predicted octanol–water partition coefficient (Wildman–Crippen LogP) is 4.32. The first-order valence-electron chi connectivity index (χ1n) is 10.4. The maximum atomic E-state index is 12.3. The molecule has 0 bridgehead atoms. The summed E-state index contributed by atoms with van der Waals surface area (Å²) in [5, 5.41) is 12.4. The van der Waals surface area contributed by atoms with Crippen LogP contribution >= 0.6 is 11.8 Å². The fraction of sp³-hybridized carbons (Fsp3) is 0.391. The first-order chi connectivity index (χ1) is 14.6. The van der Waals surface area contributed by atoms with Crippen molar-refractivity contribution in [3.05, 3.63) is 59.9 Å². The standard InChI is InChI=1S/C23H29N5OS/c1-4-15-28-22(20-10-12-24-13-11-20)26-27-23(28)30-16-21(29)25-14-9-18-5-7-19(8-6-18)17(2)3/h5-8,10-13,17H,4,9,14-16H2,1-3H3,(H,25,29). The Morgan fingerprint density at radius 2 is 1.83 bits per heavy atom. The highest BCUT2D eigenvalue weighted by Crippen LogP contribution is 2.24. The van der Waals surface area contributed by atoms with Gasteiger partial charge in [-0.2, -0.15) is 0 Å². The molecule has 0 unspecified atom stereocenters. The summed E-state index contributed by atoms with van der Waals surface area (Å²) in [5.41, 5.74) is 3.55. The van der Waals surface area contributed by atoms with Crippen LogP contribution in [0, 0.1) is 0 Å². The molecule has 0 saturated heterocycles. The van der Waals surface area contributed by atoms with Crippen molar-refractivity contribution >= 4 is 17.7 Å². The van der Waals surface area contributed by atoms with E-state index in [-0.39, 0.29) is 5.91 Å². The quantitative estimate of drug-likeness (QED) is 0.492. The number of hydrogen-bond acceptors (Lipinski definition) is 5. The smallest absolute Gasteiger partial charge is 0.230 e. The Morgan fingerprint density at radius 1 is 1.10 bits per heavy atom. The SMILES string of the molecule is CCCn1c(SCC(=O)NCCc2ccc(C(C)C)cc2)nnc1-c1ccncc1. The predicted molar refractivity (Wildman–Crippen MR) is 122 cm³/mol. The number of carbonyl (C=O) groups excluding carboxylic acids is 1. The zero-order chi connectivity index (χ0) is 21.3. The Bertz CT molecular complexity index is 938. The van der Waals surface area contributed by atoms with E-state index in [0.29, 0.717) is 18.2 Å². The van der Waals surface area contributed by atoms with Crippen molar-refractivity contribution in [3.63, 3.8) is 0 Å². The largest absolute Gasteiger partial charge is 0.355 e. The Morgan fingerprint density at radius 3 is 2.50 bits per heavy atom. The molecule has 2 aromatic heterocycles. The van der Waals surface area contributed by atoms with E-state index >= 15 is 0 Å². The van der Waals surface area contributed by atoms with Crippen molar-refractivity contribution < 1.29 is 4.79 Å². The van der Waals surface area contributed by atoms with Crippen LogP contribution < -0.4 is 5.32 Å². The second-order valence-electron chi connectivity index (χ2n) is 7.48. The Hall–Kier alpha value is -2.67. The lowest BCUT2D eigenvalue weighted by Crippen LogP contribution is -2.27. The topological polar surface area (TPSA) is 72.7 Å². The van der Waals surface area contributed by atoms with Gasteiger partial charge < -0.3 is 9.88 Å². The number of amides is 1. The molecule has 3 rings (SSSR count). The van der Waals surface area contributed by atoms with Gasteiger partial charge >= 0.3 is 0 Å². The van der Waals surface area contributed by atoms with Gasteiger partial charge in [-0.3, -0.25) is 9.78 Å². The lowest BCUT2D eigenvalue weighted by Gasteiger charge is -2.09. The van der Waals surface area contributed by atoms with E-state index in [1.165, 1.54) is 22.9 Å². The van der Waals surface area contributed by atoms with Gasteiger partial charge in [0, 0.05) is 31.0 Å². The Labute approximate surface area is 182 Å². The normalized spacial score (nSPS) is 11.1. The number of nitrogens with one attached hydrogen (secondary N) is 1. The third kappa shape index (κ3) is 5.92. The highest BCUT2D eigenvalue weighted by molar-refractivity contribution is 7.99. The summed E-state index contributed by atoms with van der Waals surface area (Å²) >= 11 is 1.42. The lowest BCUT2D eigenvalue weighted by atomic mass is 10.0. The van der Waals surface area contributed by atoms with E-state index < -0.39 is 0 Å². The van der Waals surface area contributed by atoms with Crippen LogP contribution in [0.15, 0.2) is 53.9 Å². The van der Waals surface area contributed by atoms with Gasteiger partial charge in [0.25, 0.3) is 0 Å². The fourth-order valence-corrected chi connectivity index (χ4v) is 3.93. The molecule has 1 amide bonds. The number of carbonyl (C=O) groups is 1. The molecule has 1 aromatic carbocycles. The van der Waals surface area contributed by atoms with Crippen LogP contribution in [0.4, 0.5) is 0 Å². The van der Waals surface area contributed by atoms with E-state index in [2.05, 4.69) is 70.1 Å². The molecule has 158 valence electrons. The molecule has 0 atom stereocenters. The number of aromatic nitrogens is 4. The van der Waals surface area contributed by atoms with Crippen molar-refractivity contribution in [2.45, 2.75) is 51.2 Å². The molecule has 0 aliphatic heterocycles. The molecule has 7 heteroatoms. The van der Waals surface area contributed by atoms with Crippen molar-refractivity contribution in [2.75, 3.05) is 12.3 Å². The van der Waals surface area contributed by atoms with Gasteiger partial charge in [0.2, 0.25) is 5.91 Å². The third-order valence-electron chi connectivity index (χ3n) is 4.82. The molecule has 0 saturated carbocycles. The van der Waals surface area contributed by atoms with E-state index in [1.807, 2.05) is 12.1 Å². The zero-order valence-corrected chi connectivity index (χ0v) is 18.7. The molecular formula is C23H29N5OS. The minimum atomic E-state index is 0.00955. The maximum absolute atomic E-state index is 12.3. The molecule has 0 radical (unpaired) electrons. The minimum Gasteiger partial charge on any atom is -0.355 e. The molecule has 0 aliphatic rings. The molecule has 1 N–H and O–H groups in total. The molecule has 6 nitrogen and oxygen atoms in total. The van der Waals surface area contributed by atoms with Gasteiger partial charge in [0.1, 0.15) is 0 Å². The second-order valence-corrected chi connectivity index (χ2v) is 8.42. The van der Waals surface area contributed by atoms with Gasteiger partial charge in [0.05, 0.1) is 5.75 Å². The molecule has 2 heterocycles. The first kappa shape index (κ1) is 22.0. The van der Waals surface area contributed by atoms with Crippen LogP contribution in [-0.4, -0.2) is 38.0 Å². The first-order valence-corrected chi connectivity index (χ1v) is 11.4. The zero-order valence-electron chi connectivity index (χ0n) is 17.8. The molecule has 30 heavy (non-hydrogen) atoms. The number of nitrogens with zero attached hydrogens (tertiary/aromatic N) is 4. The van der Waals surface area contributed by atoms with Crippen molar-refractivity contribution in [3.8, 4) is 11.4 Å². The molecule has 0 aliphatic carbocycles. The number of hydrogen-bond donors (Lipinski definition) is 1. The Balaban J connectivity index is 1.51. The van der Waals surface area contributed by atoms with Gasteiger partial charge in [0.15, 0.2) is 11.0 Å². The number of pyridine rings is 1. The second kappa shape index (κ2) is 10.9. The van der Waals surface area contributed by atoms with Gasteiger partial charge in [-0.1, -0.05) is 56.8 Å². The highest BCUT2D eigenvalue weighted by Gasteiger charge is 2.15. The Kier molecular flexibility index (Phi) is 8.02.